The third-order valence-electron chi connectivity index (χ3n) is 5.78. The first-order valence-electron chi connectivity index (χ1n) is 11.0. The molecule has 5 aromatic rings. The highest BCUT2D eigenvalue weighted by atomic mass is 32.1. The molecule has 0 saturated carbocycles. The summed E-state index contributed by atoms with van der Waals surface area (Å²) < 4.78 is 46.0. The van der Waals surface area contributed by atoms with E-state index >= 15 is 0 Å². The first-order valence-corrected chi connectivity index (χ1v) is 11.8. The summed E-state index contributed by atoms with van der Waals surface area (Å²) in [6, 6.07) is 12.7. The van der Waals surface area contributed by atoms with Gasteiger partial charge in [-0.05, 0) is 35.2 Å². The Bertz CT molecular complexity index is 1770. The molecule has 0 spiro atoms. The van der Waals surface area contributed by atoms with Gasteiger partial charge in [-0.2, -0.15) is 10.4 Å². The average Bonchev–Trinajstić information content (AvgIpc) is 3.48. The van der Waals surface area contributed by atoms with Crippen LogP contribution in [0.4, 0.5) is 13.2 Å². The third-order valence-corrected chi connectivity index (χ3v) is 6.90. The van der Waals surface area contributed by atoms with Gasteiger partial charge in [-0.15, -0.1) is 11.3 Å². The fourth-order valence-electron chi connectivity index (χ4n) is 4.16. The van der Waals surface area contributed by atoms with Crippen molar-refractivity contribution in [3.8, 4) is 16.6 Å². The summed E-state index contributed by atoms with van der Waals surface area (Å²) in [5, 5.41) is 14.5. The molecule has 0 N–H and O–H groups in total. The van der Waals surface area contributed by atoms with Crippen LogP contribution in [0.1, 0.15) is 17.0 Å². The number of fused-ring (bicyclic) bond motifs is 1. The molecule has 5 rings (SSSR count). The van der Waals surface area contributed by atoms with Crippen molar-refractivity contribution >= 4 is 21.4 Å². The minimum Gasteiger partial charge on any atom is -0.278 e. The van der Waals surface area contributed by atoms with Gasteiger partial charge in [0.1, 0.15) is 12.9 Å². The highest BCUT2D eigenvalue weighted by Gasteiger charge is 2.24. The van der Waals surface area contributed by atoms with Crippen LogP contribution in [-0.2, 0) is 26.6 Å². The molecule has 0 aliphatic carbocycles. The molecule has 0 saturated heterocycles. The Kier molecular flexibility index (Phi) is 6.22. The number of hydrogen-bond donors (Lipinski definition) is 0. The second kappa shape index (κ2) is 9.51. The highest BCUT2D eigenvalue weighted by molar-refractivity contribution is 7.22. The summed E-state index contributed by atoms with van der Waals surface area (Å²) >= 11 is 1.30. The van der Waals surface area contributed by atoms with Gasteiger partial charge in [0.05, 0.1) is 23.2 Å². The number of nitriles is 1. The summed E-state index contributed by atoms with van der Waals surface area (Å²) in [5.41, 5.74) is -1.33. The van der Waals surface area contributed by atoms with E-state index in [0.29, 0.717) is 4.88 Å². The van der Waals surface area contributed by atoms with E-state index in [2.05, 4.69) is 10.1 Å². The van der Waals surface area contributed by atoms with E-state index in [1.165, 1.54) is 22.3 Å². The zero-order chi connectivity index (χ0) is 26.3. The van der Waals surface area contributed by atoms with Gasteiger partial charge in [0.15, 0.2) is 23.3 Å². The van der Waals surface area contributed by atoms with E-state index in [0.717, 1.165) is 31.4 Å². The molecule has 0 atom stereocenters. The molecule has 0 aliphatic heterocycles. The highest BCUT2D eigenvalue weighted by Crippen LogP contribution is 2.35. The standard InChI is InChI=1S/C25H17F3N6O2S/c1-32-13-30-21(31-32)12-34-24(35)16(8-14-9-17(26)22(28)18(27)10-14)23(33(7-6-29)25(34)36)20-11-15-4-2-3-5-19(15)37-20/h2-5,9-11,13H,7-8,12H2,1H3. The van der Waals surface area contributed by atoms with Gasteiger partial charge in [0.2, 0.25) is 0 Å². The fraction of sp³-hybridized carbons (Fsp3) is 0.160. The summed E-state index contributed by atoms with van der Waals surface area (Å²) in [7, 11) is 1.63. The predicted molar refractivity (Wildman–Crippen MR) is 131 cm³/mol. The zero-order valence-corrected chi connectivity index (χ0v) is 20.1. The third kappa shape index (κ3) is 4.45. The van der Waals surface area contributed by atoms with Crippen LogP contribution in [0.25, 0.3) is 20.7 Å². The molecular formula is C25H17F3N6O2S. The maximum absolute atomic E-state index is 14.0. The number of nitrogens with zero attached hydrogens (tertiary/aromatic N) is 6. The van der Waals surface area contributed by atoms with Crippen molar-refractivity contribution in [1.82, 2.24) is 23.9 Å². The topological polar surface area (TPSA) is 98.5 Å². The fourth-order valence-corrected chi connectivity index (χ4v) is 5.31. The van der Waals surface area contributed by atoms with Gasteiger partial charge in [-0.25, -0.2) is 22.9 Å². The zero-order valence-electron chi connectivity index (χ0n) is 19.3. The van der Waals surface area contributed by atoms with Crippen LogP contribution >= 0.6 is 11.3 Å². The maximum atomic E-state index is 14.0. The van der Waals surface area contributed by atoms with Crippen molar-refractivity contribution in [2.75, 3.05) is 0 Å². The van der Waals surface area contributed by atoms with E-state index in [1.807, 2.05) is 30.3 Å². The molecule has 0 fully saturated rings. The number of hydrogen-bond acceptors (Lipinski definition) is 6. The van der Waals surface area contributed by atoms with Crippen LogP contribution in [0.5, 0.6) is 0 Å². The van der Waals surface area contributed by atoms with E-state index in [4.69, 9.17) is 0 Å². The summed E-state index contributed by atoms with van der Waals surface area (Å²) in [6.45, 7) is -0.673. The lowest BCUT2D eigenvalue weighted by Gasteiger charge is -2.17. The number of rotatable bonds is 6. The van der Waals surface area contributed by atoms with Gasteiger partial charge < -0.3 is 0 Å². The largest absolute Gasteiger partial charge is 0.332 e. The minimum absolute atomic E-state index is 0.0134. The Morgan fingerprint density at radius 1 is 1.05 bits per heavy atom. The molecule has 0 amide bonds. The molecule has 2 aromatic carbocycles. The molecule has 8 nitrogen and oxygen atoms in total. The Hall–Kier alpha value is -4.50. The van der Waals surface area contributed by atoms with Gasteiger partial charge in [-0.3, -0.25) is 18.6 Å². The van der Waals surface area contributed by atoms with E-state index in [-0.39, 0.29) is 35.6 Å². The van der Waals surface area contributed by atoms with Crippen molar-refractivity contribution in [3.05, 3.63) is 104 Å². The van der Waals surface area contributed by atoms with E-state index < -0.39 is 35.2 Å². The van der Waals surface area contributed by atoms with Crippen molar-refractivity contribution in [2.45, 2.75) is 19.5 Å². The van der Waals surface area contributed by atoms with Crippen molar-refractivity contribution in [1.29, 1.82) is 5.26 Å². The Labute approximate surface area is 211 Å². The lowest BCUT2D eigenvalue weighted by molar-refractivity contribution is 0.445. The number of aryl methyl sites for hydroxylation is 1. The lowest BCUT2D eigenvalue weighted by atomic mass is 10.0. The monoisotopic (exact) mass is 522 g/mol. The van der Waals surface area contributed by atoms with Crippen LogP contribution in [0.15, 0.2) is 58.4 Å². The number of halogens is 3. The maximum Gasteiger partial charge on any atom is 0.332 e. The number of thiophene rings is 1. The molecule has 3 aromatic heterocycles. The molecule has 0 radical (unpaired) electrons. The number of benzene rings is 2. The molecule has 186 valence electrons. The summed E-state index contributed by atoms with van der Waals surface area (Å²) in [6.07, 6.45) is 1.09. The Morgan fingerprint density at radius 2 is 1.78 bits per heavy atom. The van der Waals surface area contributed by atoms with Crippen LogP contribution in [0, 0.1) is 28.8 Å². The molecule has 12 heteroatoms. The normalized spacial score (nSPS) is 11.2. The van der Waals surface area contributed by atoms with Crippen LogP contribution in [0.3, 0.4) is 0 Å². The van der Waals surface area contributed by atoms with Gasteiger partial charge in [0.25, 0.3) is 5.56 Å². The van der Waals surface area contributed by atoms with Crippen LogP contribution in [0.2, 0.25) is 0 Å². The van der Waals surface area contributed by atoms with Crippen molar-refractivity contribution in [2.24, 2.45) is 7.05 Å². The number of aromatic nitrogens is 5. The Balaban J connectivity index is 1.80. The second-order valence-corrected chi connectivity index (χ2v) is 9.36. The second-order valence-electron chi connectivity index (χ2n) is 8.28. The van der Waals surface area contributed by atoms with Crippen LogP contribution < -0.4 is 11.2 Å². The molecule has 0 aliphatic rings. The van der Waals surface area contributed by atoms with Gasteiger partial charge in [-0.1, -0.05) is 18.2 Å². The van der Waals surface area contributed by atoms with Crippen molar-refractivity contribution in [3.63, 3.8) is 0 Å². The van der Waals surface area contributed by atoms with Gasteiger partial charge >= 0.3 is 5.69 Å². The quantitative estimate of drug-likeness (QED) is 0.318. The minimum atomic E-state index is -1.62. The van der Waals surface area contributed by atoms with Gasteiger partial charge in [0, 0.05) is 23.7 Å². The molecule has 0 unspecified atom stereocenters. The van der Waals surface area contributed by atoms with E-state index in [9.17, 15) is 28.0 Å². The smallest absolute Gasteiger partial charge is 0.278 e. The average molecular weight is 523 g/mol. The SMILES string of the molecule is Cn1cnc(Cn2c(=O)c(Cc3cc(F)c(F)c(F)c3)c(-c3cc4ccccc4s3)n(CC#N)c2=O)n1. The molecule has 37 heavy (non-hydrogen) atoms. The van der Waals surface area contributed by atoms with Crippen LogP contribution in [-0.4, -0.2) is 23.9 Å². The van der Waals surface area contributed by atoms with Crippen molar-refractivity contribution < 1.29 is 13.2 Å². The molecular weight excluding hydrogens is 505 g/mol. The summed E-state index contributed by atoms with van der Waals surface area (Å²) in [5.74, 6) is -4.24. The Morgan fingerprint density at radius 3 is 2.43 bits per heavy atom. The lowest BCUT2D eigenvalue weighted by Crippen LogP contribution is -2.43. The first-order chi connectivity index (χ1) is 17.8. The molecule has 3 heterocycles. The van der Waals surface area contributed by atoms with E-state index in [1.54, 1.807) is 13.1 Å². The summed E-state index contributed by atoms with van der Waals surface area (Å²) in [4.78, 5) is 31.8. The molecule has 0 bridgehead atoms. The predicted octanol–water partition coefficient (Wildman–Crippen LogP) is 3.60. The first kappa shape index (κ1) is 24.2.